The van der Waals surface area contributed by atoms with Crippen molar-refractivity contribution >= 4 is 11.8 Å². The van der Waals surface area contributed by atoms with Gasteiger partial charge in [-0.05, 0) is 25.0 Å². The molecule has 1 aromatic carbocycles. The maximum atomic E-state index is 9.76. The van der Waals surface area contributed by atoms with Crippen LogP contribution in [0.2, 0.25) is 0 Å². The fourth-order valence-corrected chi connectivity index (χ4v) is 3.58. The fourth-order valence-electron chi connectivity index (χ4n) is 2.41. The molecular formula is C14H16N2O3S. The SMILES string of the molecule is Oc1cccc(O)c1-c1nc(CSC2CCCC2)no1. The van der Waals surface area contributed by atoms with Crippen molar-refractivity contribution in [2.24, 2.45) is 0 Å². The summed E-state index contributed by atoms with van der Waals surface area (Å²) in [5, 5.41) is 24.1. The average molecular weight is 292 g/mol. The van der Waals surface area contributed by atoms with E-state index in [4.69, 9.17) is 4.52 Å². The summed E-state index contributed by atoms with van der Waals surface area (Å²) in [6.07, 6.45) is 5.13. The summed E-state index contributed by atoms with van der Waals surface area (Å²) in [4.78, 5) is 4.24. The van der Waals surface area contributed by atoms with Gasteiger partial charge in [0.1, 0.15) is 17.1 Å². The molecule has 1 fully saturated rings. The molecule has 6 heteroatoms. The summed E-state index contributed by atoms with van der Waals surface area (Å²) in [6, 6.07) is 4.51. The van der Waals surface area contributed by atoms with E-state index in [0.717, 1.165) is 0 Å². The van der Waals surface area contributed by atoms with Crippen LogP contribution in [-0.4, -0.2) is 25.6 Å². The van der Waals surface area contributed by atoms with Crippen molar-refractivity contribution in [1.82, 2.24) is 10.1 Å². The zero-order chi connectivity index (χ0) is 13.9. The number of nitrogens with zero attached hydrogens (tertiary/aromatic N) is 2. The third kappa shape index (κ3) is 2.75. The number of phenols is 2. The van der Waals surface area contributed by atoms with E-state index in [9.17, 15) is 10.2 Å². The first-order chi connectivity index (χ1) is 9.74. The fraction of sp³-hybridized carbons (Fsp3) is 0.429. The highest BCUT2D eigenvalue weighted by atomic mass is 32.2. The van der Waals surface area contributed by atoms with Crippen molar-refractivity contribution in [2.75, 3.05) is 0 Å². The molecule has 0 atom stereocenters. The number of rotatable bonds is 4. The molecule has 1 aliphatic carbocycles. The van der Waals surface area contributed by atoms with Crippen molar-refractivity contribution in [1.29, 1.82) is 0 Å². The summed E-state index contributed by atoms with van der Waals surface area (Å²) < 4.78 is 5.13. The lowest BCUT2D eigenvalue weighted by molar-refractivity contribution is 0.411. The van der Waals surface area contributed by atoms with E-state index in [-0.39, 0.29) is 23.0 Å². The molecule has 1 aromatic heterocycles. The van der Waals surface area contributed by atoms with Crippen molar-refractivity contribution in [3.8, 4) is 23.0 Å². The Balaban J connectivity index is 1.73. The van der Waals surface area contributed by atoms with Gasteiger partial charge < -0.3 is 14.7 Å². The van der Waals surface area contributed by atoms with Gasteiger partial charge in [0.2, 0.25) is 0 Å². The van der Waals surface area contributed by atoms with Gasteiger partial charge >= 0.3 is 0 Å². The Kier molecular flexibility index (Phi) is 3.82. The van der Waals surface area contributed by atoms with Gasteiger partial charge in [0.05, 0.1) is 5.75 Å². The van der Waals surface area contributed by atoms with Crippen molar-refractivity contribution in [3.63, 3.8) is 0 Å². The molecule has 0 unspecified atom stereocenters. The molecular weight excluding hydrogens is 276 g/mol. The molecule has 0 spiro atoms. The van der Waals surface area contributed by atoms with Gasteiger partial charge in [0.25, 0.3) is 5.89 Å². The second kappa shape index (κ2) is 5.75. The van der Waals surface area contributed by atoms with E-state index in [2.05, 4.69) is 10.1 Å². The van der Waals surface area contributed by atoms with Crippen LogP contribution in [0.3, 0.4) is 0 Å². The maximum Gasteiger partial charge on any atom is 0.265 e. The summed E-state index contributed by atoms with van der Waals surface area (Å²) in [5.74, 6) is 1.32. The number of phenolic OH excluding ortho intramolecular Hbond substituents is 2. The van der Waals surface area contributed by atoms with Crippen LogP contribution in [0.5, 0.6) is 11.5 Å². The quantitative estimate of drug-likeness (QED) is 0.900. The van der Waals surface area contributed by atoms with Crippen molar-refractivity contribution in [3.05, 3.63) is 24.0 Å². The predicted molar refractivity (Wildman–Crippen MR) is 76.6 cm³/mol. The van der Waals surface area contributed by atoms with E-state index in [1.807, 2.05) is 11.8 Å². The van der Waals surface area contributed by atoms with Gasteiger partial charge in [-0.2, -0.15) is 16.7 Å². The largest absolute Gasteiger partial charge is 0.507 e. The summed E-state index contributed by atoms with van der Waals surface area (Å²) >= 11 is 1.84. The number of benzene rings is 1. The van der Waals surface area contributed by atoms with Crippen LogP contribution >= 0.6 is 11.8 Å². The van der Waals surface area contributed by atoms with Crippen LogP contribution in [0.25, 0.3) is 11.5 Å². The molecule has 1 heterocycles. The van der Waals surface area contributed by atoms with Crippen molar-refractivity contribution < 1.29 is 14.7 Å². The molecule has 0 saturated heterocycles. The number of aromatic hydroxyl groups is 2. The standard InChI is InChI=1S/C14H16N2O3S/c17-10-6-3-7-11(18)13(10)14-15-12(16-19-14)8-20-9-4-1-2-5-9/h3,6-7,9,17-18H,1-2,4-5,8H2. The molecule has 0 bridgehead atoms. The highest BCUT2D eigenvalue weighted by molar-refractivity contribution is 7.99. The van der Waals surface area contributed by atoms with Crippen molar-refractivity contribution in [2.45, 2.75) is 36.7 Å². The minimum absolute atomic E-state index is 0.0661. The van der Waals surface area contributed by atoms with Crippen LogP contribution in [0.4, 0.5) is 0 Å². The van der Waals surface area contributed by atoms with Crippen LogP contribution < -0.4 is 0 Å². The third-order valence-corrected chi connectivity index (χ3v) is 4.82. The van der Waals surface area contributed by atoms with E-state index < -0.39 is 0 Å². The third-order valence-electron chi connectivity index (χ3n) is 3.45. The van der Waals surface area contributed by atoms with Gasteiger partial charge in [-0.15, -0.1) is 0 Å². The molecule has 106 valence electrons. The minimum atomic E-state index is -0.0661. The molecule has 1 aliphatic rings. The Labute approximate surface area is 121 Å². The van der Waals surface area contributed by atoms with E-state index in [0.29, 0.717) is 16.8 Å². The van der Waals surface area contributed by atoms with Crippen LogP contribution in [0.15, 0.2) is 22.7 Å². The Bertz CT molecular complexity index is 574. The summed E-state index contributed by atoms with van der Waals surface area (Å²) in [5.41, 5.74) is 0.192. The summed E-state index contributed by atoms with van der Waals surface area (Å²) in [7, 11) is 0. The molecule has 0 radical (unpaired) electrons. The zero-order valence-electron chi connectivity index (χ0n) is 11.0. The Morgan fingerprint density at radius 3 is 2.60 bits per heavy atom. The average Bonchev–Trinajstić information content (AvgIpc) is 3.07. The second-order valence-electron chi connectivity index (χ2n) is 4.90. The first-order valence-corrected chi connectivity index (χ1v) is 7.74. The van der Waals surface area contributed by atoms with E-state index in [1.54, 1.807) is 6.07 Å². The van der Waals surface area contributed by atoms with E-state index >= 15 is 0 Å². The lowest BCUT2D eigenvalue weighted by atomic mass is 10.2. The molecule has 0 aliphatic heterocycles. The smallest absolute Gasteiger partial charge is 0.265 e. The monoisotopic (exact) mass is 292 g/mol. The molecule has 5 nitrogen and oxygen atoms in total. The molecule has 2 N–H and O–H groups in total. The molecule has 0 amide bonds. The first kappa shape index (κ1) is 13.3. The topological polar surface area (TPSA) is 79.4 Å². The Morgan fingerprint density at radius 1 is 1.20 bits per heavy atom. The number of aromatic nitrogens is 2. The van der Waals surface area contributed by atoms with Crippen LogP contribution in [0.1, 0.15) is 31.5 Å². The Hall–Kier alpha value is -1.69. The van der Waals surface area contributed by atoms with Gasteiger partial charge in [0.15, 0.2) is 5.82 Å². The van der Waals surface area contributed by atoms with E-state index in [1.165, 1.54) is 37.8 Å². The number of hydrogen-bond acceptors (Lipinski definition) is 6. The zero-order valence-corrected chi connectivity index (χ0v) is 11.8. The minimum Gasteiger partial charge on any atom is -0.507 e. The predicted octanol–water partition coefficient (Wildman–Crippen LogP) is 3.32. The van der Waals surface area contributed by atoms with Gasteiger partial charge in [-0.3, -0.25) is 0 Å². The normalized spacial score (nSPS) is 15.8. The Morgan fingerprint density at radius 2 is 1.90 bits per heavy atom. The maximum absolute atomic E-state index is 9.76. The second-order valence-corrected chi connectivity index (χ2v) is 6.19. The highest BCUT2D eigenvalue weighted by Crippen LogP contribution is 2.36. The molecule has 3 rings (SSSR count). The lowest BCUT2D eigenvalue weighted by Crippen LogP contribution is -1.95. The molecule has 20 heavy (non-hydrogen) atoms. The molecule has 1 saturated carbocycles. The molecule has 2 aromatic rings. The van der Waals surface area contributed by atoms with Crippen LogP contribution in [-0.2, 0) is 5.75 Å². The number of thioether (sulfide) groups is 1. The van der Waals surface area contributed by atoms with Gasteiger partial charge in [-0.25, -0.2) is 0 Å². The van der Waals surface area contributed by atoms with Crippen LogP contribution in [0, 0.1) is 0 Å². The highest BCUT2D eigenvalue weighted by Gasteiger charge is 2.19. The van der Waals surface area contributed by atoms with Gasteiger partial charge in [-0.1, -0.05) is 24.1 Å². The number of hydrogen-bond donors (Lipinski definition) is 2. The summed E-state index contributed by atoms with van der Waals surface area (Å²) in [6.45, 7) is 0. The van der Waals surface area contributed by atoms with Gasteiger partial charge in [0, 0.05) is 5.25 Å². The lowest BCUT2D eigenvalue weighted by Gasteiger charge is -2.05. The first-order valence-electron chi connectivity index (χ1n) is 6.69.